The van der Waals surface area contributed by atoms with Crippen molar-refractivity contribution < 1.29 is 22.8 Å². The first kappa shape index (κ1) is 21.6. The summed E-state index contributed by atoms with van der Waals surface area (Å²) in [4.78, 5) is 27.7. The third-order valence-corrected chi connectivity index (χ3v) is 4.83. The van der Waals surface area contributed by atoms with Crippen LogP contribution in [0.3, 0.4) is 0 Å². The number of anilines is 1. The normalized spacial score (nSPS) is 15.0. The molecule has 1 saturated heterocycles. The summed E-state index contributed by atoms with van der Waals surface area (Å²) in [6.45, 7) is 2.37. The highest BCUT2D eigenvalue weighted by atomic mass is 19.4. The van der Waals surface area contributed by atoms with Gasteiger partial charge in [0.1, 0.15) is 0 Å². The van der Waals surface area contributed by atoms with Crippen LogP contribution in [0.5, 0.6) is 0 Å². The lowest BCUT2D eigenvalue weighted by Gasteiger charge is -2.35. The predicted molar refractivity (Wildman–Crippen MR) is 107 cm³/mol. The van der Waals surface area contributed by atoms with Crippen LogP contribution in [-0.2, 0) is 17.5 Å². The number of nitrogens with one attached hydrogen (secondary N) is 2. The molecule has 0 radical (unpaired) electrons. The van der Waals surface area contributed by atoms with E-state index in [0.29, 0.717) is 38.4 Å². The molecule has 0 aliphatic carbocycles. The summed E-state index contributed by atoms with van der Waals surface area (Å²) in [6, 6.07) is 14.0. The van der Waals surface area contributed by atoms with E-state index in [1.165, 1.54) is 6.07 Å². The summed E-state index contributed by atoms with van der Waals surface area (Å²) in [5.74, 6) is -0.423. The fourth-order valence-electron chi connectivity index (χ4n) is 3.23. The van der Waals surface area contributed by atoms with Crippen molar-refractivity contribution in [3.05, 3.63) is 65.7 Å². The minimum Gasteiger partial charge on any atom is -0.369 e. The molecule has 0 bridgehead atoms. The van der Waals surface area contributed by atoms with Crippen molar-refractivity contribution in [1.29, 1.82) is 0 Å². The number of imide groups is 1. The summed E-state index contributed by atoms with van der Waals surface area (Å²) < 4.78 is 38.7. The minimum atomic E-state index is -4.38. The SMILES string of the molecule is O=C(CN1CCN(c2cccc(C(F)(F)F)c2)CC1)NC(=O)NCc1ccccc1. The van der Waals surface area contributed by atoms with E-state index in [9.17, 15) is 22.8 Å². The molecule has 1 aliphatic rings. The second kappa shape index (κ2) is 9.62. The highest BCUT2D eigenvalue weighted by Gasteiger charge is 2.31. The average molecular weight is 420 g/mol. The van der Waals surface area contributed by atoms with Crippen molar-refractivity contribution >= 4 is 17.6 Å². The van der Waals surface area contributed by atoms with Gasteiger partial charge in [-0.25, -0.2) is 4.79 Å². The van der Waals surface area contributed by atoms with Gasteiger partial charge in [-0.15, -0.1) is 0 Å². The number of rotatable bonds is 5. The van der Waals surface area contributed by atoms with Crippen LogP contribution in [0, 0.1) is 0 Å². The van der Waals surface area contributed by atoms with Gasteiger partial charge in [0, 0.05) is 38.4 Å². The van der Waals surface area contributed by atoms with Gasteiger partial charge < -0.3 is 10.2 Å². The van der Waals surface area contributed by atoms with Crippen LogP contribution in [0.2, 0.25) is 0 Å². The maximum atomic E-state index is 12.9. The van der Waals surface area contributed by atoms with E-state index in [0.717, 1.165) is 17.7 Å². The number of halogens is 3. The molecule has 1 fully saturated rings. The minimum absolute atomic E-state index is 0.0508. The van der Waals surface area contributed by atoms with Gasteiger partial charge in [0.15, 0.2) is 0 Å². The van der Waals surface area contributed by atoms with Gasteiger partial charge in [0.25, 0.3) is 0 Å². The zero-order valence-corrected chi connectivity index (χ0v) is 16.3. The summed E-state index contributed by atoms with van der Waals surface area (Å²) >= 11 is 0. The molecule has 3 rings (SSSR count). The Morgan fingerprint density at radius 3 is 2.30 bits per heavy atom. The Morgan fingerprint density at radius 1 is 0.933 bits per heavy atom. The smallest absolute Gasteiger partial charge is 0.369 e. The van der Waals surface area contributed by atoms with Crippen molar-refractivity contribution in [2.75, 3.05) is 37.6 Å². The number of hydrogen-bond donors (Lipinski definition) is 2. The number of nitrogens with zero attached hydrogens (tertiary/aromatic N) is 2. The van der Waals surface area contributed by atoms with E-state index in [2.05, 4.69) is 10.6 Å². The van der Waals surface area contributed by atoms with Gasteiger partial charge >= 0.3 is 12.2 Å². The third-order valence-electron chi connectivity index (χ3n) is 4.83. The molecule has 160 valence electrons. The molecule has 1 aliphatic heterocycles. The molecule has 0 spiro atoms. The van der Waals surface area contributed by atoms with Crippen LogP contribution in [0.25, 0.3) is 0 Å². The molecule has 0 aromatic heterocycles. The van der Waals surface area contributed by atoms with Crippen LogP contribution in [-0.4, -0.2) is 49.6 Å². The van der Waals surface area contributed by atoms with E-state index < -0.39 is 23.7 Å². The number of hydrogen-bond acceptors (Lipinski definition) is 4. The van der Waals surface area contributed by atoms with Crippen LogP contribution in [0.15, 0.2) is 54.6 Å². The fraction of sp³-hybridized carbons (Fsp3) is 0.333. The average Bonchev–Trinajstić information content (AvgIpc) is 2.73. The lowest BCUT2D eigenvalue weighted by Crippen LogP contribution is -2.51. The van der Waals surface area contributed by atoms with Crippen LogP contribution in [0.4, 0.5) is 23.7 Å². The molecule has 1 heterocycles. The third kappa shape index (κ3) is 6.21. The second-order valence-corrected chi connectivity index (χ2v) is 7.03. The first-order chi connectivity index (χ1) is 14.3. The Morgan fingerprint density at radius 2 is 1.63 bits per heavy atom. The predicted octanol–water partition coefficient (Wildman–Crippen LogP) is 2.85. The molecule has 2 N–H and O–H groups in total. The van der Waals surface area contributed by atoms with E-state index in [1.54, 1.807) is 6.07 Å². The molecule has 6 nitrogen and oxygen atoms in total. The standard InChI is InChI=1S/C21H23F3N4O2/c22-21(23,24)17-7-4-8-18(13-17)28-11-9-27(10-12-28)15-19(29)26-20(30)25-14-16-5-2-1-3-6-16/h1-8,13H,9-12,14-15H2,(H2,25,26,29,30). The van der Waals surface area contributed by atoms with Crippen LogP contribution in [0.1, 0.15) is 11.1 Å². The Bertz CT molecular complexity index is 866. The maximum absolute atomic E-state index is 12.9. The monoisotopic (exact) mass is 420 g/mol. The quantitative estimate of drug-likeness (QED) is 0.781. The van der Waals surface area contributed by atoms with Crippen LogP contribution >= 0.6 is 0 Å². The Balaban J connectivity index is 1.42. The van der Waals surface area contributed by atoms with E-state index in [1.807, 2.05) is 40.1 Å². The number of carbonyl (C=O) groups is 2. The lowest BCUT2D eigenvalue weighted by atomic mass is 10.1. The molecule has 2 aromatic rings. The molecule has 30 heavy (non-hydrogen) atoms. The molecular weight excluding hydrogens is 397 g/mol. The molecule has 0 atom stereocenters. The number of carbonyl (C=O) groups excluding carboxylic acids is 2. The van der Waals surface area contributed by atoms with Crippen molar-refractivity contribution in [2.24, 2.45) is 0 Å². The fourth-order valence-corrected chi connectivity index (χ4v) is 3.23. The zero-order valence-electron chi connectivity index (χ0n) is 16.3. The molecule has 3 amide bonds. The van der Waals surface area contributed by atoms with Crippen molar-refractivity contribution in [3.8, 4) is 0 Å². The van der Waals surface area contributed by atoms with Crippen molar-refractivity contribution in [2.45, 2.75) is 12.7 Å². The Hall–Kier alpha value is -3.07. The van der Waals surface area contributed by atoms with Gasteiger partial charge in [0.2, 0.25) is 5.91 Å². The highest BCUT2D eigenvalue weighted by Crippen LogP contribution is 2.31. The van der Waals surface area contributed by atoms with E-state index in [-0.39, 0.29) is 6.54 Å². The number of benzene rings is 2. The lowest BCUT2D eigenvalue weighted by molar-refractivity contribution is -0.137. The maximum Gasteiger partial charge on any atom is 0.416 e. The van der Waals surface area contributed by atoms with Gasteiger partial charge in [0.05, 0.1) is 12.1 Å². The van der Waals surface area contributed by atoms with Crippen LogP contribution < -0.4 is 15.5 Å². The molecule has 2 aromatic carbocycles. The molecular formula is C21H23F3N4O2. The van der Waals surface area contributed by atoms with Gasteiger partial charge in [-0.2, -0.15) is 13.2 Å². The summed E-state index contributed by atoms with van der Waals surface area (Å²) in [6.07, 6.45) is -4.38. The molecule has 0 saturated carbocycles. The van der Waals surface area contributed by atoms with Gasteiger partial charge in [-0.1, -0.05) is 36.4 Å². The van der Waals surface area contributed by atoms with Gasteiger partial charge in [-0.05, 0) is 23.8 Å². The van der Waals surface area contributed by atoms with Gasteiger partial charge in [-0.3, -0.25) is 15.0 Å². The molecule has 9 heteroatoms. The first-order valence-corrected chi connectivity index (χ1v) is 9.57. The topological polar surface area (TPSA) is 64.7 Å². The summed E-state index contributed by atoms with van der Waals surface area (Å²) in [5, 5.41) is 4.92. The zero-order chi connectivity index (χ0) is 21.6. The number of amides is 3. The number of piperazine rings is 1. The van der Waals surface area contributed by atoms with Crippen molar-refractivity contribution in [3.63, 3.8) is 0 Å². The number of urea groups is 1. The number of alkyl halides is 3. The Kier molecular flexibility index (Phi) is 6.94. The second-order valence-electron chi connectivity index (χ2n) is 7.03. The van der Waals surface area contributed by atoms with E-state index >= 15 is 0 Å². The highest BCUT2D eigenvalue weighted by molar-refractivity contribution is 5.95. The largest absolute Gasteiger partial charge is 0.416 e. The van der Waals surface area contributed by atoms with E-state index in [4.69, 9.17) is 0 Å². The molecule has 0 unspecified atom stereocenters. The first-order valence-electron chi connectivity index (χ1n) is 9.57. The van der Waals surface area contributed by atoms with Crippen molar-refractivity contribution in [1.82, 2.24) is 15.5 Å². The summed E-state index contributed by atoms with van der Waals surface area (Å²) in [5.41, 5.74) is 0.753. The Labute approximate surface area is 172 Å². The summed E-state index contributed by atoms with van der Waals surface area (Å²) in [7, 11) is 0.